The van der Waals surface area contributed by atoms with Crippen LogP contribution < -0.4 is 4.74 Å². The number of Topliss-reactive ketones (excluding diaryl/α,β-unsaturated/α-hetero) is 2. The molecule has 1 aromatic rings. The second kappa shape index (κ2) is 6.77. The summed E-state index contributed by atoms with van der Waals surface area (Å²) in [5.41, 5.74) is 1.20. The van der Waals surface area contributed by atoms with E-state index in [0.29, 0.717) is 11.3 Å². The number of methoxy groups -OCH3 is 1. The van der Waals surface area contributed by atoms with Crippen molar-refractivity contribution in [1.82, 2.24) is 0 Å². The van der Waals surface area contributed by atoms with Crippen molar-refractivity contribution < 1.29 is 14.3 Å². The molecular weight excluding hydrogens is 204 g/mol. The molecule has 0 aliphatic carbocycles. The Balaban J connectivity index is 0.00000106. The van der Waals surface area contributed by atoms with Crippen LogP contribution in [0.5, 0.6) is 5.75 Å². The van der Waals surface area contributed by atoms with Gasteiger partial charge in [0.2, 0.25) is 5.78 Å². The highest BCUT2D eigenvalue weighted by Gasteiger charge is 2.13. The Bertz CT molecular complexity index is 381. The highest BCUT2D eigenvalue weighted by molar-refractivity contribution is 6.43. The Labute approximate surface area is 96.4 Å². The van der Waals surface area contributed by atoms with Crippen LogP contribution in [0.25, 0.3) is 0 Å². The van der Waals surface area contributed by atoms with Crippen LogP contribution in [0.15, 0.2) is 18.2 Å². The van der Waals surface area contributed by atoms with Crippen LogP contribution in [-0.4, -0.2) is 18.7 Å². The molecule has 16 heavy (non-hydrogen) atoms. The second-order valence-corrected chi connectivity index (χ2v) is 3.07. The summed E-state index contributed by atoms with van der Waals surface area (Å²) in [7, 11) is 1.56. The summed E-state index contributed by atoms with van der Waals surface area (Å²) in [6, 6.07) is 5.01. The van der Waals surface area contributed by atoms with Gasteiger partial charge in [-0.3, -0.25) is 9.59 Å². The molecule has 0 bridgehead atoms. The molecule has 0 radical (unpaired) electrons. The van der Waals surface area contributed by atoms with E-state index in [1.165, 1.54) is 6.92 Å². The minimum atomic E-state index is -0.454. The van der Waals surface area contributed by atoms with Crippen molar-refractivity contribution >= 4 is 11.6 Å². The number of hydrogen-bond donors (Lipinski definition) is 0. The lowest BCUT2D eigenvalue weighted by molar-refractivity contribution is -0.113. The van der Waals surface area contributed by atoms with Crippen molar-refractivity contribution in [2.75, 3.05) is 7.11 Å². The topological polar surface area (TPSA) is 43.4 Å². The van der Waals surface area contributed by atoms with E-state index in [1.807, 2.05) is 13.8 Å². The third-order valence-electron chi connectivity index (χ3n) is 2.00. The number of ether oxygens (including phenoxy) is 1. The third kappa shape index (κ3) is 3.50. The van der Waals surface area contributed by atoms with Gasteiger partial charge in [-0.2, -0.15) is 0 Å². The van der Waals surface area contributed by atoms with E-state index >= 15 is 0 Å². The van der Waals surface area contributed by atoms with Gasteiger partial charge in [-0.15, -0.1) is 0 Å². The molecule has 0 aromatic heterocycles. The summed E-state index contributed by atoms with van der Waals surface area (Å²) in [4.78, 5) is 22.2. The van der Waals surface area contributed by atoms with E-state index in [9.17, 15) is 9.59 Å². The highest BCUT2D eigenvalue weighted by atomic mass is 16.5. The van der Waals surface area contributed by atoms with Gasteiger partial charge in [-0.25, -0.2) is 0 Å². The van der Waals surface area contributed by atoms with E-state index in [1.54, 1.807) is 32.2 Å². The average molecular weight is 222 g/mol. The number of benzene rings is 1. The lowest BCUT2D eigenvalue weighted by Crippen LogP contribution is -2.11. The van der Waals surface area contributed by atoms with Gasteiger partial charge in [0.25, 0.3) is 0 Å². The monoisotopic (exact) mass is 222 g/mol. The molecule has 0 aliphatic rings. The molecule has 1 rings (SSSR count). The van der Waals surface area contributed by atoms with Crippen LogP contribution in [0.3, 0.4) is 0 Å². The molecule has 0 saturated heterocycles. The standard InChI is InChI=1S/C11H12O3.C2H6/c1-7-6-9(14-3)4-5-10(7)11(13)8(2)12;1-2/h4-6H,1-3H3;1-2H3. The van der Waals surface area contributed by atoms with Crippen molar-refractivity contribution in [1.29, 1.82) is 0 Å². The van der Waals surface area contributed by atoms with E-state index in [2.05, 4.69) is 0 Å². The van der Waals surface area contributed by atoms with Crippen LogP contribution in [0.2, 0.25) is 0 Å². The molecule has 0 heterocycles. The molecule has 3 heteroatoms. The number of aryl methyl sites for hydroxylation is 1. The molecular formula is C13H18O3. The van der Waals surface area contributed by atoms with Gasteiger partial charge < -0.3 is 4.74 Å². The molecule has 0 atom stereocenters. The molecule has 3 nitrogen and oxygen atoms in total. The zero-order valence-electron chi connectivity index (χ0n) is 10.5. The molecule has 0 spiro atoms. The molecule has 0 aliphatic heterocycles. The van der Waals surface area contributed by atoms with Gasteiger partial charge in [0.15, 0.2) is 5.78 Å². The van der Waals surface area contributed by atoms with Gasteiger partial charge in [0, 0.05) is 12.5 Å². The Morgan fingerprint density at radius 3 is 2.12 bits per heavy atom. The van der Waals surface area contributed by atoms with Crippen LogP contribution in [-0.2, 0) is 4.79 Å². The van der Waals surface area contributed by atoms with E-state index < -0.39 is 11.6 Å². The third-order valence-corrected chi connectivity index (χ3v) is 2.00. The predicted molar refractivity (Wildman–Crippen MR) is 64.1 cm³/mol. The Morgan fingerprint density at radius 1 is 1.19 bits per heavy atom. The molecule has 1 aromatic carbocycles. The Kier molecular flexibility index (Phi) is 6.08. The van der Waals surface area contributed by atoms with Crippen LogP contribution in [0.4, 0.5) is 0 Å². The zero-order valence-corrected chi connectivity index (χ0v) is 10.5. The molecule has 0 fully saturated rings. The summed E-state index contributed by atoms with van der Waals surface area (Å²) < 4.78 is 4.99. The van der Waals surface area contributed by atoms with E-state index in [4.69, 9.17) is 4.74 Å². The minimum absolute atomic E-state index is 0.443. The van der Waals surface area contributed by atoms with Crippen LogP contribution in [0.1, 0.15) is 36.7 Å². The predicted octanol–water partition coefficient (Wildman–Crippen LogP) is 2.80. The fourth-order valence-corrected chi connectivity index (χ4v) is 1.21. The zero-order chi connectivity index (χ0) is 12.7. The van der Waals surface area contributed by atoms with Crippen molar-refractivity contribution in [2.24, 2.45) is 0 Å². The van der Waals surface area contributed by atoms with Crippen molar-refractivity contribution in [3.05, 3.63) is 29.3 Å². The minimum Gasteiger partial charge on any atom is -0.497 e. The van der Waals surface area contributed by atoms with Crippen LogP contribution >= 0.6 is 0 Å². The maximum Gasteiger partial charge on any atom is 0.228 e. The first-order valence-electron chi connectivity index (χ1n) is 5.26. The normalized spacial score (nSPS) is 8.81. The van der Waals surface area contributed by atoms with Gasteiger partial charge in [0.1, 0.15) is 5.75 Å². The fraction of sp³-hybridized carbons (Fsp3) is 0.385. The largest absolute Gasteiger partial charge is 0.497 e. The molecule has 0 unspecified atom stereocenters. The SMILES string of the molecule is CC.COc1ccc(C(=O)C(C)=O)c(C)c1. The maximum atomic E-state index is 11.4. The van der Waals surface area contributed by atoms with E-state index in [0.717, 1.165) is 5.56 Å². The number of carbonyl (C=O) groups is 2. The average Bonchev–Trinajstić information content (AvgIpc) is 2.30. The number of hydrogen-bond acceptors (Lipinski definition) is 3. The van der Waals surface area contributed by atoms with Crippen molar-refractivity contribution in [3.63, 3.8) is 0 Å². The quantitative estimate of drug-likeness (QED) is 0.583. The van der Waals surface area contributed by atoms with Crippen molar-refractivity contribution in [2.45, 2.75) is 27.7 Å². The van der Waals surface area contributed by atoms with Crippen molar-refractivity contribution in [3.8, 4) is 5.75 Å². The summed E-state index contributed by atoms with van der Waals surface area (Å²) in [5.74, 6) is -0.217. The Morgan fingerprint density at radius 2 is 1.75 bits per heavy atom. The second-order valence-electron chi connectivity index (χ2n) is 3.07. The molecule has 0 saturated carbocycles. The Hall–Kier alpha value is -1.64. The summed E-state index contributed by atoms with van der Waals surface area (Å²) in [5, 5.41) is 0. The van der Waals surface area contributed by atoms with Gasteiger partial charge in [0.05, 0.1) is 7.11 Å². The van der Waals surface area contributed by atoms with Gasteiger partial charge in [-0.05, 0) is 30.7 Å². The van der Waals surface area contributed by atoms with E-state index in [-0.39, 0.29) is 0 Å². The van der Waals surface area contributed by atoms with Crippen LogP contribution in [0, 0.1) is 6.92 Å². The fourth-order valence-electron chi connectivity index (χ4n) is 1.21. The molecule has 88 valence electrons. The first-order chi connectivity index (χ1) is 7.56. The smallest absolute Gasteiger partial charge is 0.228 e. The molecule has 0 N–H and O–H groups in total. The highest BCUT2D eigenvalue weighted by Crippen LogP contribution is 2.17. The lowest BCUT2D eigenvalue weighted by Gasteiger charge is -2.05. The first-order valence-corrected chi connectivity index (χ1v) is 5.26. The number of ketones is 2. The lowest BCUT2D eigenvalue weighted by atomic mass is 10.0. The first kappa shape index (κ1) is 14.4. The summed E-state index contributed by atoms with van der Waals surface area (Å²) in [6.07, 6.45) is 0. The molecule has 0 amide bonds. The summed E-state index contributed by atoms with van der Waals surface area (Å²) >= 11 is 0. The number of rotatable bonds is 3. The summed E-state index contributed by atoms with van der Waals surface area (Å²) in [6.45, 7) is 7.05. The number of carbonyl (C=O) groups excluding carboxylic acids is 2. The van der Waals surface area contributed by atoms with Gasteiger partial charge in [-0.1, -0.05) is 13.8 Å². The van der Waals surface area contributed by atoms with Gasteiger partial charge >= 0.3 is 0 Å². The maximum absolute atomic E-state index is 11.4.